The number of hydrogen-bond donors (Lipinski definition) is 2. The Bertz CT molecular complexity index is 420. The summed E-state index contributed by atoms with van der Waals surface area (Å²) in [6.45, 7) is 7.03. The molecule has 0 spiro atoms. The summed E-state index contributed by atoms with van der Waals surface area (Å²) in [7, 11) is 0. The summed E-state index contributed by atoms with van der Waals surface area (Å²) < 4.78 is 0. The van der Waals surface area contributed by atoms with E-state index in [-0.39, 0.29) is 6.10 Å². The Kier molecular flexibility index (Phi) is 4.75. The van der Waals surface area contributed by atoms with E-state index in [4.69, 9.17) is 0 Å². The maximum atomic E-state index is 9.96. The largest absolute Gasteiger partial charge is 0.393 e. The highest BCUT2D eigenvalue weighted by Crippen LogP contribution is 2.24. The lowest BCUT2D eigenvalue weighted by Crippen LogP contribution is -2.30. The fourth-order valence-corrected chi connectivity index (χ4v) is 2.62. The minimum Gasteiger partial charge on any atom is -0.393 e. The predicted molar refractivity (Wildman–Crippen MR) is 77.3 cm³/mol. The van der Waals surface area contributed by atoms with E-state index >= 15 is 0 Å². The van der Waals surface area contributed by atoms with Gasteiger partial charge in [0, 0.05) is 23.9 Å². The topological polar surface area (TPSA) is 58.0 Å². The number of aliphatic hydroxyl groups is 1. The second kappa shape index (κ2) is 6.33. The molecule has 1 heterocycles. The molecule has 4 heteroatoms. The molecule has 1 saturated carbocycles. The van der Waals surface area contributed by atoms with Crippen LogP contribution in [-0.4, -0.2) is 27.7 Å². The van der Waals surface area contributed by atoms with Crippen molar-refractivity contribution in [2.45, 2.75) is 58.5 Å². The third kappa shape index (κ3) is 3.90. The van der Waals surface area contributed by atoms with Crippen molar-refractivity contribution in [1.29, 1.82) is 0 Å². The van der Waals surface area contributed by atoms with Gasteiger partial charge in [-0.3, -0.25) is 0 Å². The van der Waals surface area contributed by atoms with Gasteiger partial charge in [-0.25, -0.2) is 9.97 Å². The Morgan fingerprint density at radius 2 is 2.05 bits per heavy atom. The fraction of sp³-hybridized carbons (Fsp3) is 0.733. The van der Waals surface area contributed by atoms with Gasteiger partial charge in [0.05, 0.1) is 6.10 Å². The summed E-state index contributed by atoms with van der Waals surface area (Å²) in [6.07, 6.45) is 4.22. The summed E-state index contributed by atoms with van der Waals surface area (Å²) in [5.74, 6) is 1.43. The van der Waals surface area contributed by atoms with Crippen LogP contribution in [0.25, 0.3) is 0 Å². The van der Waals surface area contributed by atoms with Crippen LogP contribution in [0.15, 0.2) is 6.07 Å². The molecule has 0 aromatic carbocycles. The summed E-state index contributed by atoms with van der Waals surface area (Å²) in [5, 5.41) is 13.3. The van der Waals surface area contributed by atoms with Crippen molar-refractivity contribution in [2.75, 3.05) is 11.9 Å². The van der Waals surface area contributed by atoms with Gasteiger partial charge in [-0.2, -0.15) is 0 Å². The summed E-state index contributed by atoms with van der Waals surface area (Å²) >= 11 is 0. The lowest BCUT2D eigenvalue weighted by Gasteiger charge is -2.27. The molecular weight excluding hydrogens is 238 g/mol. The minimum atomic E-state index is -0.171. The van der Waals surface area contributed by atoms with Gasteiger partial charge in [0.1, 0.15) is 0 Å². The summed E-state index contributed by atoms with van der Waals surface area (Å²) in [6, 6.07) is 2.03. The molecule has 0 saturated heterocycles. The SMILES string of the molecule is Cc1cc(C(C)C)nc(NCC2CCCCC2O)n1. The first-order valence-corrected chi connectivity index (χ1v) is 7.33. The number of aryl methyl sites for hydroxylation is 1. The molecule has 1 aliphatic rings. The maximum Gasteiger partial charge on any atom is 0.223 e. The smallest absolute Gasteiger partial charge is 0.223 e. The molecule has 0 radical (unpaired) electrons. The van der Waals surface area contributed by atoms with Gasteiger partial charge in [0.15, 0.2) is 0 Å². The molecule has 1 aromatic rings. The normalized spacial score (nSPS) is 23.6. The highest BCUT2D eigenvalue weighted by Gasteiger charge is 2.22. The number of aromatic nitrogens is 2. The molecule has 0 bridgehead atoms. The highest BCUT2D eigenvalue weighted by molar-refractivity contribution is 5.29. The monoisotopic (exact) mass is 263 g/mol. The van der Waals surface area contributed by atoms with Gasteiger partial charge >= 0.3 is 0 Å². The van der Waals surface area contributed by atoms with Crippen LogP contribution < -0.4 is 5.32 Å². The van der Waals surface area contributed by atoms with E-state index in [0.717, 1.165) is 37.2 Å². The van der Waals surface area contributed by atoms with Crippen molar-refractivity contribution in [3.8, 4) is 0 Å². The Morgan fingerprint density at radius 3 is 2.74 bits per heavy atom. The van der Waals surface area contributed by atoms with Gasteiger partial charge in [0.25, 0.3) is 0 Å². The van der Waals surface area contributed by atoms with Crippen molar-refractivity contribution in [1.82, 2.24) is 9.97 Å². The summed E-state index contributed by atoms with van der Waals surface area (Å²) in [5.41, 5.74) is 2.06. The van der Waals surface area contributed by atoms with Gasteiger partial charge in [0.2, 0.25) is 5.95 Å². The zero-order valence-corrected chi connectivity index (χ0v) is 12.2. The van der Waals surface area contributed by atoms with E-state index < -0.39 is 0 Å². The van der Waals surface area contributed by atoms with Crippen molar-refractivity contribution in [3.63, 3.8) is 0 Å². The Labute approximate surface area is 115 Å². The van der Waals surface area contributed by atoms with Crippen LogP contribution in [0.3, 0.4) is 0 Å². The predicted octanol–water partition coefficient (Wildman–Crippen LogP) is 2.87. The van der Waals surface area contributed by atoms with Crippen molar-refractivity contribution in [3.05, 3.63) is 17.5 Å². The Balaban J connectivity index is 1.98. The minimum absolute atomic E-state index is 0.171. The van der Waals surface area contributed by atoms with E-state index in [1.165, 1.54) is 6.42 Å². The number of nitrogens with zero attached hydrogens (tertiary/aromatic N) is 2. The van der Waals surface area contributed by atoms with Gasteiger partial charge in [-0.05, 0) is 31.7 Å². The average Bonchev–Trinajstić information content (AvgIpc) is 2.37. The highest BCUT2D eigenvalue weighted by atomic mass is 16.3. The van der Waals surface area contributed by atoms with Gasteiger partial charge in [-0.1, -0.05) is 26.7 Å². The molecule has 1 fully saturated rings. The molecule has 106 valence electrons. The Morgan fingerprint density at radius 1 is 1.32 bits per heavy atom. The van der Waals surface area contributed by atoms with Crippen LogP contribution in [-0.2, 0) is 0 Å². The molecule has 0 aliphatic heterocycles. The number of nitrogens with one attached hydrogen (secondary N) is 1. The van der Waals surface area contributed by atoms with Crippen LogP contribution in [0, 0.1) is 12.8 Å². The zero-order valence-electron chi connectivity index (χ0n) is 12.2. The molecule has 19 heavy (non-hydrogen) atoms. The molecule has 4 nitrogen and oxygen atoms in total. The van der Waals surface area contributed by atoms with Crippen LogP contribution >= 0.6 is 0 Å². The van der Waals surface area contributed by atoms with Crippen LogP contribution in [0.4, 0.5) is 5.95 Å². The second-order valence-electron chi connectivity index (χ2n) is 5.91. The number of hydrogen-bond acceptors (Lipinski definition) is 4. The summed E-state index contributed by atoms with van der Waals surface area (Å²) in [4.78, 5) is 8.96. The van der Waals surface area contributed by atoms with E-state index in [9.17, 15) is 5.11 Å². The van der Waals surface area contributed by atoms with Crippen LogP contribution in [0.2, 0.25) is 0 Å². The molecule has 2 atom stereocenters. The first-order valence-electron chi connectivity index (χ1n) is 7.33. The Hall–Kier alpha value is -1.16. The van der Waals surface area contributed by atoms with E-state index in [0.29, 0.717) is 17.8 Å². The third-order valence-corrected chi connectivity index (χ3v) is 3.86. The molecular formula is C15H25N3O. The van der Waals surface area contributed by atoms with Crippen molar-refractivity contribution < 1.29 is 5.11 Å². The van der Waals surface area contributed by atoms with E-state index in [1.807, 2.05) is 13.0 Å². The fourth-order valence-electron chi connectivity index (χ4n) is 2.62. The standard InChI is InChI=1S/C15H25N3O/c1-10(2)13-8-11(3)17-15(18-13)16-9-12-6-4-5-7-14(12)19/h8,10,12,14,19H,4-7,9H2,1-3H3,(H,16,17,18). The first-order chi connectivity index (χ1) is 9.06. The number of anilines is 1. The second-order valence-corrected chi connectivity index (χ2v) is 5.91. The zero-order chi connectivity index (χ0) is 13.8. The molecule has 1 aromatic heterocycles. The van der Waals surface area contributed by atoms with Gasteiger partial charge < -0.3 is 10.4 Å². The van der Waals surface area contributed by atoms with Crippen LogP contribution in [0.1, 0.15) is 56.8 Å². The molecule has 2 N–H and O–H groups in total. The lowest BCUT2D eigenvalue weighted by molar-refractivity contribution is 0.0762. The molecule has 2 rings (SSSR count). The van der Waals surface area contributed by atoms with E-state index in [2.05, 4.69) is 29.1 Å². The van der Waals surface area contributed by atoms with Crippen molar-refractivity contribution in [2.24, 2.45) is 5.92 Å². The lowest BCUT2D eigenvalue weighted by atomic mass is 9.86. The van der Waals surface area contributed by atoms with Gasteiger partial charge in [-0.15, -0.1) is 0 Å². The maximum absolute atomic E-state index is 9.96. The molecule has 0 amide bonds. The number of aliphatic hydroxyl groups excluding tert-OH is 1. The van der Waals surface area contributed by atoms with E-state index in [1.54, 1.807) is 0 Å². The average molecular weight is 263 g/mol. The molecule has 2 unspecified atom stereocenters. The quantitative estimate of drug-likeness (QED) is 0.877. The van der Waals surface area contributed by atoms with Crippen LogP contribution in [0.5, 0.6) is 0 Å². The third-order valence-electron chi connectivity index (χ3n) is 3.86. The number of rotatable bonds is 4. The first kappa shape index (κ1) is 14.3. The van der Waals surface area contributed by atoms with Crippen molar-refractivity contribution >= 4 is 5.95 Å². The molecule has 1 aliphatic carbocycles.